The molecule has 0 bridgehead atoms. The van der Waals surface area contributed by atoms with E-state index in [0.29, 0.717) is 18.7 Å². The first-order chi connectivity index (χ1) is 8.62. The second kappa shape index (κ2) is 5.59. The van der Waals surface area contributed by atoms with Gasteiger partial charge in [-0.2, -0.15) is 13.2 Å². The van der Waals surface area contributed by atoms with Crippen LogP contribution in [-0.4, -0.2) is 24.4 Å². The quantitative estimate of drug-likeness (QED) is 0.773. The molecule has 2 nitrogen and oxygen atoms in total. The van der Waals surface area contributed by atoms with Crippen LogP contribution in [0, 0.1) is 11.7 Å². The molecule has 0 atom stereocenters. The van der Waals surface area contributed by atoms with E-state index in [4.69, 9.17) is 0 Å². The molecule has 1 amide bonds. The number of rotatable bonds is 3. The number of alkyl halides is 3. The molecule has 0 unspecified atom stereocenters. The SMILES string of the molecule is CC(C)CN(C)C(=O)c1ccc(F)c(C(F)(F)F)c1. The monoisotopic (exact) mass is 277 g/mol. The van der Waals surface area contributed by atoms with Crippen molar-refractivity contribution in [3.8, 4) is 0 Å². The molecule has 0 saturated carbocycles. The van der Waals surface area contributed by atoms with Crippen LogP contribution in [0.5, 0.6) is 0 Å². The van der Waals surface area contributed by atoms with E-state index in [1.54, 1.807) is 0 Å². The van der Waals surface area contributed by atoms with Crippen molar-refractivity contribution < 1.29 is 22.4 Å². The summed E-state index contributed by atoms with van der Waals surface area (Å²) in [7, 11) is 1.50. The zero-order valence-electron chi connectivity index (χ0n) is 10.9. The van der Waals surface area contributed by atoms with Gasteiger partial charge in [-0.25, -0.2) is 4.39 Å². The smallest absolute Gasteiger partial charge is 0.341 e. The summed E-state index contributed by atoms with van der Waals surface area (Å²) in [6.45, 7) is 4.18. The lowest BCUT2D eigenvalue weighted by atomic mass is 10.1. The standard InChI is InChI=1S/C13H15F4NO/c1-8(2)7-18(3)12(19)9-4-5-11(14)10(6-9)13(15,16)17/h4-6,8H,7H2,1-3H3. The molecule has 1 rings (SSSR count). The summed E-state index contributed by atoms with van der Waals surface area (Å²) in [6.07, 6.45) is -4.81. The van der Waals surface area contributed by atoms with Crippen LogP contribution in [0.1, 0.15) is 29.8 Å². The fourth-order valence-electron chi connectivity index (χ4n) is 1.73. The van der Waals surface area contributed by atoms with Gasteiger partial charge in [-0.15, -0.1) is 0 Å². The van der Waals surface area contributed by atoms with Gasteiger partial charge in [0.05, 0.1) is 5.56 Å². The Balaban J connectivity index is 3.06. The second-order valence-corrected chi connectivity index (χ2v) is 4.77. The Morgan fingerprint density at radius 1 is 1.32 bits per heavy atom. The van der Waals surface area contributed by atoms with Gasteiger partial charge in [0, 0.05) is 19.2 Å². The topological polar surface area (TPSA) is 20.3 Å². The van der Waals surface area contributed by atoms with Crippen molar-refractivity contribution in [3.05, 3.63) is 35.1 Å². The third-order valence-electron chi connectivity index (χ3n) is 2.50. The summed E-state index contributed by atoms with van der Waals surface area (Å²) < 4.78 is 50.7. The molecule has 0 saturated heterocycles. The van der Waals surface area contributed by atoms with Crippen molar-refractivity contribution in [1.82, 2.24) is 4.90 Å². The van der Waals surface area contributed by atoms with Crippen LogP contribution in [0.2, 0.25) is 0 Å². The van der Waals surface area contributed by atoms with Crippen LogP contribution in [0.15, 0.2) is 18.2 Å². The van der Waals surface area contributed by atoms with Crippen molar-refractivity contribution in [1.29, 1.82) is 0 Å². The predicted octanol–water partition coefficient (Wildman–Crippen LogP) is 3.57. The number of halogens is 4. The minimum atomic E-state index is -4.81. The summed E-state index contributed by atoms with van der Waals surface area (Å²) in [6, 6.07) is 2.28. The van der Waals surface area contributed by atoms with Gasteiger partial charge < -0.3 is 4.90 Å². The maximum Gasteiger partial charge on any atom is 0.419 e. The molecule has 0 aliphatic heterocycles. The molecule has 1 aromatic rings. The highest BCUT2D eigenvalue weighted by Gasteiger charge is 2.34. The van der Waals surface area contributed by atoms with Gasteiger partial charge >= 0.3 is 6.18 Å². The van der Waals surface area contributed by atoms with E-state index in [-0.39, 0.29) is 11.5 Å². The Morgan fingerprint density at radius 3 is 2.37 bits per heavy atom. The third-order valence-corrected chi connectivity index (χ3v) is 2.50. The van der Waals surface area contributed by atoms with Gasteiger partial charge in [0.1, 0.15) is 5.82 Å². The fourth-order valence-corrected chi connectivity index (χ4v) is 1.73. The molecule has 19 heavy (non-hydrogen) atoms. The number of hydrogen-bond acceptors (Lipinski definition) is 1. The molecule has 0 N–H and O–H groups in total. The van der Waals surface area contributed by atoms with E-state index in [1.807, 2.05) is 13.8 Å². The molecule has 0 heterocycles. The van der Waals surface area contributed by atoms with Crippen LogP contribution >= 0.6 is 0 Å². The van der Waals surface area contributed by atoms with Crippen LogP contribution in [0.3, 0.4) is 0 Å². The normalized spacial score (nSPS) is 11.8. The summed E-state index contributed by atoms with van der Waals surface area (Å²) in [4.78, 5) is 13.2. The highest BCUT2D eigenvalue weighted by Crippen LogP contribution is 2.32. The van der Waals surface area contributed by atoms with Gasteiger partial charge in [0.2, 0.25) is 0 Å². The molecule has 0 aromatic heterocycles. The lowest BCUT2D eigenvalue weighted by Crippen LogP contribution is -2.30. The first-order valence-corrected chi connectivity index (χ1v) is 5.75. The lowest BCUT2D eigenvalue weighted by molar-refractivity contribution is -0.140. The van der Waals surface area contributed by atoms with E-state index in [2.05, 4.69) is 0 Å². The van der Waals surface area contributed by atoms with Gasteiger partial charge in [0.15, 0.2) is 0 Å². The fraction of sp³-hybridized carbons (Fsp3) is 0.462. The van der Waals surface area contributed by atoms with Gasteiger partial charge in [-0.05, 0) is 24.1 Å². The van der Waals surface area contributed by atoms with E-state index < -0.39 is 23.5 Å². The van der Waals surface area contributed by atoms with Crippen molar-refractivity contribution >= 4 is 5.91 Å². The Labute approximate surface area is 109 Å². The number of nitrogens with zero attached hydrogens (tertiary/aromatic N) is 1. The van der Waals surface area contributed by atoms with Crippen molar-refractivity contribution in [3.63, 3.8) is 0 Å². The van der Waals surface area contributed by atoms with E-state index in [1.165, 1.54) is 11.9 Å². The zero-order chi connectivity index (χ0) is 14.8. The minimum absolute atomic E-state index is 0.170. The van der Waals surface area contributed by atoms with Gasteiger partial charge in [-0.1, -0.05) is 13.8 Å². The molecular formula is C13H15F4NO. The molecular weight excluding hydrogens is 262 g/mol. The number of carbonyl (C=O) groups excluding carboxylic acids is 1. The summed E-state index contributed by atoms with van der Waals surface area (Å²) >= 11 is 0. The first kappa shape index (κ1) is 15.5. The molecule has 0 spiro atoms. The Kier molecular flexibility index (Phi) is 4.55. The van der Waals surface area contributed by atoms with E-state index >= 15 is 0 Å². The average molecular weight is 277 g/mol. The van der Waals surface area contributed by atoms with Crippen LogP contribution in [0.4, 0.5) is 17.6 Å². The number of amides is 1. The van der Waals surface area contributed by atoms with E-state index in [9.17, 15) is 22.4 Å². The minimum Gasteiger partial charge on any atom is -0.341 e. The Hall–Kier alpha value is -1.59. The molecule has 106 valence electrons. The highest BCUT2D eigenvalue weighted by atomic mass is 19.4. The maximum atomic E-state index is 13.1. The highest BCUT2D eigenvalue weighted by molar-refractivity contribution is 5.94. The molecule has 0 fully saturated rings. The molecule has 0 aliphatic rings. The third kappa shape index (κ3) is 3.94. The number of benzene rings is 1. The van der Waals surface area contributed by atoms with Gasteiger partial charge in [-0.3, -0.25) is 4.79 Å². The van der Waals surface area contributed by atoms with Crippen LogP contribution in [-0.2, 0) is 6.18 Å². The van der Waals surface area contributed by atoms with E-state index in [0.717, 1.165) is 6.07 Å². The number of carbonyl (C=O) groups is 1. The zero-order valence-corrected chi connectivity index (χ0v) is 10.9. The molecule has 0 aliphatic carbocycles. The first-order valence-electron chi connectivity index (χ1n) is 5.75. The van der Waals surface area contributed by atoms with Gasteiger partial charge in [0.25, 0.3) is 5.91 Å². The predicted molar refractivity (Wildman–Crippen MR) is 63.2 cm³/mol. The molecule has 1 aromatic carbocycles. The Morgan fingerprint density at radius 2 is 1.89 bits per heavy atom. The van der Waals surface area contributed by atoms with Crippen LogP contribution < -0.4 is 0 Å². The molecule has 6 heteroatoms. The largest absolute Gasteiger partial charge is 0.419 e. The summed E-state index contributed by atoms with van der Waals surface area (Å²) in [5.41, 5.74) is -1.59. The number of hydrogen-bond donors (Lipinski definition) is 0. The van der Waals surface area contributed by atoms with Crippen LogP contribution in [0.25, 0.3) is 0 Å². The lowest BCUT2D eigenvalue weighted by Gasteiger charge is -2.20. The van der Waals surface area contributed by atoms with Crippen molar-refractivity contribution in [2.45, 2.75) is 20.0 Å². The molecule has 0 radical (unpaired) electrons. The van der Waals surface area contributed by atoms with Crippen molar-refractivity contribution in [2.75, 3.05) is 13.6 Å². The second-order valence-electron chi connectivity index (χ2n) is 4.77. The Bertz CT molecular complexity index is 468. The average Bonchev–Trinajstić information content (AvgIpc) is 2.26. The summed E-state index contributed by atoms with van der Waals surface area (Å²) in [5, 5.41) is 0. The maximum absolute atomic E-state index is 13.1. The van der Waals surface area contributed by atoms with Crippen molar-refractivity contribution in [2.24, 2.45) is 5.92 Å². The summed E-state index contributed by atoms with van der Waals surface area (Å²) in [5.74, 6) is -1.74.